The van der Waals surface area contributed by atoms with Gasteiger partial charge in [0.15, 0.2) is 0 Å². The van der Waals surface area contributed by atoms with Crippen LogP contribution in [-0.4, -0.2) is 28.6 Å². The summed E-state index contributed by atoms with van der Waals surface area (Å²) < 4.78 is 0. The lowest BCUT2D eigenvalue weighted by Crippen LogP contribution is -2.43. The number of H-pyrrole nitrogens is 1. The number of imidazole rings is 1. The Morgan fingerprint density at radius 3 is 2.83 bits per heavy atom. The predicted octanol–water partition coefficient (Wildman–Crippen LogP) is 2.47. The summed E-state index contributed by atoms with van der Waals surface area (Å²) in [5, 5.41) is 6.27. The van der Waals surface area contributed by atoms with Gasteiger partial charge in [0.25, 0.3) is 5.91 Å². The zero-order valence-electron chi connectivity index (χ0n) is 13.0. The molecule has 0 fully saturated rings. The van der Waals surface area contributed by atoms with Crippen LogP contribution >= 0.6 is 0 Å². The summed E-state index contributed by atoms with van der Waals surface area (Å²) in [6.45, 7) is 2.74. The van der Waals surface area contributed by atoms with Gasteiger partial charge in [-0.1, -0.05) is 36.4 Å². The first-order valence-corrected chi connectivity index (χ1v) is 7.74. The number of aromatic nitrogens is 2. The lowest BCUT2D eigenvalue weighted by molar-refractivity contribution is 0.0935. The van der Waals surface area contributed by atoms with E-state index in [0.29, 0.717) is 11.1 Å². The number of carbonyl (C=O) groups is 1. The van der Waals surface area contributed by atoms with Crippen molar-refractivity contribution in [3.05, 3.63) is 66.0 Å². The SMILES string of the molecule is CC(NCCc1ccccc1)NC(=O)c1cccc2[nH]cnc12. The Bertz CT molecular complexity index is 782. The van der Waals surface area contributed by atoms with E-state index in [1.54, 1.807) is 12.4 Å². The van der Waals surface area contributed by atoms with Crippen LogP contribution in [0.3, 0.4) is 0 Å². The average Bonchev–Trinajstić information content (AvgIpc) is 3.04. The van der Waals surface area contributed by atoms with Crippen molar-refractivity contribution in [1.82, 2.24) is 20.6 Å². The van der Waals surface area contributed by atoms with Crippen molar-refractivity contribution in [2.24, 2.45) is 0 Å². The van der Waals surface area contributed by atoms with Gasteiger partial charge in [-0.05, 0) is 31.0 Å². The molecule has 23 heavy (non-hydrogen) atoms. The molecule has 0 radical (unpaired) electrons. The zero-order valence-corrected chi connectivity index (χ0v) is 13.0. The van der Waals surface area contributed by atoms with Crippen LogP contribution in [0.25, 0.3) is 11.0 Å². The third kappa shape index (κ3) is 3.76. The van der Waals surface area contributed by atoms with Crippen molar-refractivity contribution < 1.29 is 4.79 Å². The van der Waals surface area contributed by atoms with E-state index < -0.39 is 0 Å². The van der Waals surface area contributed by atoms with Gasteiger partial charge >= 0.3 is 0 Å². The predicted molar refractivity (Wildman–Crippen MR) is 91.2 cm³/mol. The second-order valence-electron chi connectivity index (χ2n) is 5.49. The first-order chi connectivity index (χ1) is 11.2. The van der Waals surface area contributed by atoms with Crippen LogP contribution < -0.4 is 10.6 Å². The van der Waals surface area contributed by atoms with Gasteiger partial charge in [-0.2, -0.15) is 0 Å². The van der Waals surface area contributed by atoms with Crippen LogP contribution in [0.15, 0.2) is 54.9 Å². The third-order valence-electron chi connectivity index (χ3n) is 3.75. The van der Waals surface area contributed by atoms with Crippen LogP contribution in [-0.2, 0) is 6.42 Å². The highest BCUT2D eigenvalue weighted by Gasteiger charge is 2.13. The Kier molecular flexibility index (Phi) is 4.68. The molecule has 0 bridgehead atoms. The summed E-state index contributed by atoms with van der Waals surface area (Å²) in [5.41, 5.74) is 3.42. The van der Waals surface area contributed by atoms with Crippen molar-refractivity contribution in [1.29, 1.82) is 0 Å². The van der Waals surface area contributed by atoms with Crippen LogP contribution in [0.2, 0.25) is 0 Å². The summed E-state index contributed by atoms with van der Waals surface area (Å²) >= 11 is 0. The topological polar surface area (TPSA) is 69.8 Å². The molecule has 3 aromatic rings. The number of aromatic amines is 1. The number of rotatable bonds is 6. The molecule has 0 spiro atoms. The maximum absolute atomic E-state index is 12.4. The van der Waals surface area contributed by atoms with E-state index in [2.05, 4.69) is 32.7 Å². The number of nitrogens with zero attached hydrogens (tertiary/aromatic N) is 1. The molecule has 0 saturated carbocycles. The molecule has 3 N–H and O–H groups in total. The molecule has 0 saturated heterocycles. The van der Waals surface area contributed by atoms with Gasteiger partial charge in [-0.3, -0.25) is 10.1 Å². The highest BCUT2D eigenvalue weighted by molar-refractivity contribution is 6.04. The molecule has 1 unspecified atom stereocenters. The first kappa shape index (κ1) is 15.2. The van der Waals surface area contributed by atoms with Gasteiger partial charge in [-0.25, -0.2) is 4.98 Å². The molecular weight excluding hydrogens is 288 g/mol. The Morgan fingerprint density at radius 2 is 2.00 bits per heavy atom. The molecule has 5 nitrogen and oxygen atoms in total. The minimum absolute atomic E-state index is 0.111. The summed E-state index contributed by atoms with van der Waals surface area (Å²) in [6.07, 6.45) is 2.42. The van der Waals surface area contributed by atoms with Gasteiger partial charge in [-0.15, -0.1) is 0 Å². The minimum atomic E-state index is -0.123. The number of nitrogens with one attached hydrogen (secondary N) is 3. The van der Waals surface area contributed by atoms with E-state index in [4.69, 9.17) is 0 Å². The maximum atomic E-state index is 12.4. The number of amides is 1. The molecule has 0 aliphatic heterocycles. The molecule has 0 aliphatic rings. The molecule has 1 aromatic heterocycles. The second kappa shape index (κ2) is 7.07. The number of fused-ring (bicyclic) bond motifs is 1. The summed E-state index contributed by atoms with van der Waals surface area (Å²) in [7, 11) is 0. The van der Waals surface area contributed by atoms with E-state index in [1.165, 1.54) is 5.56 Å². The molecule has 1 heterocycles. The van der Waals surface area contributed by atoms with Gasteiger partial charge < -0.3 is 10.3 Å². The molecule has 3 rings (SSSR count). The van der Waals surface area contributed by atoms with Crippen molar-refractivity contribution in [3.8, 4) is 0 Å². The van der Waals surface area contributed by atoms with E-state index in [1.807, 2.05) is 37.3 Å². The Labute approximate surface area is 135 Å². The number of hydrogen-bond donors (Lipinski definition) is 3. The molecule has 1 atom stereocenters. The minimum Gasteiger partial charge on any atom is -0.345 e. The number of para-hydroxylation sites is 1. The smallest absolute Gasteiger partial charge is 0.254 e. The molecule has 1 amide bonds. The number of benzene rings is 2. The normalized spacial score (nSPS) is 12.2. The van der Waals surface area contributed by atoms with Gasteiger partial charge in [0.2, 0.25) is 0 Å². The number of hydrogen-bond acceptors (Lipinski definition) is 3. The van der Waals surface area contributed by atoms with Crippen molar-refractivity contribution >= 4 is 16.9 Å². The lowest BCUT2D eigenvalue weighted by Gasteiger charge is -2.16. The lowest BCUT2D eigenvalue weighted by atomic mass is 10.1. The summed E-state index contributed by atoms with van der Waals surface area (Å²) in [6, 6.07) is 15.8. The Balaban J connectivity index is 1.54. The quantitative estimate of drug-likeness (QED) is 0.613. The van der Waals surface area contributed by atoms with Gasteiger partial charge in [0.1, 0.15) is 5.52 Å². The molecule has 118 valence electrons. The summed E-state index contributed by atoms with van der Waals surface area (Å²) in [4.78, 5) is 19.6. The van der Waals surface area contributed by atoms with Crippen LogP contribution in [0.5, 0.6) is 0 Å². The third-order valence-corrected chi connectivity index (χ3v) is 3.75. The molecule has 2 aromatic carbocycles. The largest absolute Gasteiger partial charge is 0.345 e. The highest BCUT2D eigenvalue weighted by atomic mass is 16.1. The van der Waals surface area contributed by atoms with E-state index in [-0.39, 0.29) is 12.1 Å². The standard InChI is InChI=1S/C18H20N4O/c1-13(19-11-10-14-6-3-2-4-7-14)22-18(23)15-8-5-9-16-17(15)21-12-20-16/h2-9,12-13,19H,10-11H2,1H3,(H,20,21)(H,22,23). The van der Waals surface area contributed by atoms with Crippen molar-refractivity contribution in [3.63, 3.8) is 0 Å². The van der Waals surface area contributed by atoms with Crippen molar-refractivity contribution in [2.45, 2.75) is 19.5 Å². The average molecular weight is 308 g/mol. The fourth-order valence-electron chi connectivity index (χ4n) is 2.55. The highest BCUT2D eigenvalue weighted by Crippen LogP contribution is 2.14. The van der Waals surface area contributed by atoms with Crippen LogP contribution in [0.4, 0.5) is 0 Å². The fraction of sp³-hybridized carbons (Fsp3) is 0.222. The van der Waals surface area contributed by atoms with E-state index >= 15 is 0 Å². The van der Waals surface area contributed by atoms with E-state index in [9.17, 15) is 4.79 Å². The second-order valence-corrected chi connectivity index (χ2v) is 5.49. The van der Waals surface area contributed by atoms with Crippen molar-refractivity contribution in [2.75, 3.05) is 6.54 Å². The van der Waals surface area contributed by atoms with Crippen LogP contribution in [0, 0.1) is 0 Å². The molecule has 0 aliphatic carbocycles. The number of carbonyl (C=O) groups excluding carboxylic acids is 1. The first-order valence-electron chi connectivity index (χ1n) is 7.74. The zero-order chi connectivity index (χ0) is 16.1. The molecular formula is C18H20N4O. The Hall–Kier alpha value is -2.66. The molecule has 5 heteroatoms. The van der Waals surface area contributed by atoms with Crippen LogP contribution in [0.1, 0.15) is 22.8 Å². The van der Waals surface area contributed by atoms with Gasteiger partial charge in [0, 0.05) is 6.54 Å². The van der Waals surface area contributed by atoms with E-state index in [0.717, 1.165) is 18.5 Å². The Morgan fingerprint density at radius 1 is 1.17 bits per heavy atom. The maximum Gasteiger partial charge on any atom is 0.254 e. The fourth-order valence-corrected chi connectivity index (χ4v) is 2.55. The monoisotopic (exact) mass is 308 g/mol. The van der Waals surface area contributed by atoms with Gasteiger partial charge in [0.05, 0.1) is 23.6 Å². The summed E-state index contributed by atoms with van der Waals surface area (Å²) in [5.74, 6) is -0.123.